The number of nitrogens with one attached hydrogen (secondary N) is 3. The van der Waals surface area contributed by atoms with Crippen molar-refractivity contribution in [2.24, 2.45) is 11.7 Å². The number of carboxylic acids is 1. The second-order valence-electron chi connectivity index (χ2n) is 8.15. The molecule has 0 aliphatic carbocycles. The maximum atomic E-state index is 12.9. The first-order chi connectivity index (χ1) is 15.9. The van der Waals surface area contributed by atoms with E-state index in [-0.39, 0.29) is 23.8 Å². The van der Waals surface area contributed by atoms with Gasteiger partial charge in [-0.05, 0) is 30.5 Å². The van der Waals surface area contributed by atoms with E-state index >= 15 is 0 Å². The molecule has 1 rings (SSSR count). The minimum Gasteiger partial charge on any atom is -0.508 e. The largest absolute Gasteiger partial charge is 0.508 e. The molecule has 3 amide bonds. The highest BCUT2D eigenvalue weighted by Gasteiger charge is 2.32. The molecule has 34 heavy (non-hydrogen) atoms. The van der Waals surface area contributed by atoms with Crippen LogP contribution in [0.3, 0.4) is 0 Å². The van der Waals surface area contributed by atoms with Crippen LogP contribution in [0.25, 0.3) is 0 Å². The third-order valence-electron chi connectivity index (χ3n) is 5.42. The van der Waals surface area contributed by atoms with Crippen molar-refractivity contribution in [3.63, 3.8) is 0 Å². The summed E-state index contributed by atoms with van der Waals surface area (Å²) >= 11 is 4.10. The SMILES string of the molecule is CCC(C)C(NC(=O)C(N)C(C)O)C(=O)NC(CS)C(=O)NC(Cc1ccc(O)cc1)C(=O)O. The first kappa shape index (κ1) is 29.2. The lowest BCUT2D eigenvalue weighted by Gasteiger charge is -2.28. The summed E-state index contributed by atoms with van der Waals surface area (Å²) in [5, 5.41) is 35.8. The summed E-state index contributed by atoms with van der Waals surface area (Å²) in [7, 11) is 0. The zero-order chi connectivity index (χ0) is 26.0. The van der Waals surface area contributed by atoms with E-state index in [2.05, 4.69) is 28.6 Å². The topological polar surface area (TPSA) is 191 Å². The first-order valence-corrected chi connectivity index (χ1v) is 11.5. The molecule has 0 radical (unpaired) electrons. The molecule has 11 nitrogen and oxygen atoms in total. The Balaban J connectivity index is 2.91. The van der Waals surface area contributed by atoms with Gasteiger partial charge in [0.2, 0.25) is 17.7 Å². The molecule has 190 valence electrons. The molecule has 0 heterocycles. The summed E-state index contributed by atoms with van der Waals surface area (Å²) in [6, 6.07) is 1.14. The Morgan fingerprint density at radius 1 is 0.971 bits per heavy atom. The Hall–Kier alpha value is -2.83. The molecule has 1 aromatic rings. The Kier molecular flexibility index (Phi) is 11.8. The van der Waals surface area contributed by atoms with Crippen LogP contribution in [0.15, 0.2) is 24.3 Å². The maximum Gasteiger partial charge on any atom is 0.326 e. The predicted molar refractivity (Wildman–Crippen MR) is 128 cm³/mol. The Bertz CT molecular complexity index is 850. The molecule has 0 aliphatic rings. The third kappa shape index (κ3) is 8.84. The molecule has 0 spiro atoms. The van der Waals surface area contributed by atoms with E-state index in [1.54, 1.807) is 6.92 Å². The van der Waals surface area contributed by atoms with Gasteiger partial charge in [0, 0.05) is 12.2 Å². The predicted octanol–water partition coefficient (Wildman–Crippen LogP) is -0.842. The number of hydrogen-bond acceptors (Lipinski definition) is 8. The van der Waals surface area contributed by atoms with Crippen molar-refractivity contribution in [1.29, 1.82) is 0 Å². The number of aliphatic hydroxyl groups excluding tert-OH is 1. The van der Waals surface area contributed by atoms with Crippen molar-refractivity contribution in [1.82, 2.24) is 16.0 Å². The standard InChI is InChI=1S/C22H34N4O7S/c1-4-11(2)18(26-20(30)17(23)12(3)27)21(31)25-16(10-34)19(29)24-15(22(32)33)9-13-5-7-14(28)8-6-13/h5-8,11-12,15-18,27-28,34H,4,9-10,23H2,1-3H3,(H,24,29)(H,25,31)(H,26,30)(H,32,33). The Morgan fingerprint density at radius 2 is 1.53 bits per heavy atom. The first-order valence-electron chi connectivity index (χ1n) is 10.9. The van der Waals surface area contributed by atoms with Gasteiger partial charge in [-0.1, -0.05) is 32.4 Å². The number of aliphatic carboxylic acids is 1. The monoisotopic (exact) mass is 498 g/mol. The molecule has 0 fully saturated rings. The van der Waals surface area contributed by atoms with E-state index in [1.165, 1.54) is 31.2 Å². The number of carboxylic acid groups (broad SMARTS) is 1. The van der Waals surface area contributed by atoms with Gasteiger partial charge in [-0.3, -0.25) is 14.4 Å². The van der Waals surface area contributed by atoms with Crippen molar-refractivity contribution < 1.29 is 34.5 Å². The van der Waals surface area contributed by atoms with Gasteiger partial charge in [-0.2, -0.15) is 12.6 Å². The summed E-state index contributed by atoms with van der Waals surface area (Å²) < 4.78 is 0. The minimum absolute atomic E-state index is 0.0230. The molecule has 12 heteroatoms. The fourth-order valence-electron chi connectivity index (χ4n) is 2.97. The summed E-state index contributed by atoms with van der Waals surface area (Å²) in [4.78, 5) is 49.6. The van der Waals surface area contributed by atoms with Crippen molar-refractivity contribution in [3.8, 4) is 5.75 Å². The fraction of sp³-hybridized carbons (Fsp3) is 0.545. The summed E-state index contributed by atoms with van der Waals surface area (Å²) in [6.07, 6.45) is -0.649. The Morgan fingerprint density at radius 3 is 2.00 bits per heavy atom. The summed E-state index contributed by atoms with van der Waals surface area (Å²) in [5.74, 6) is -3.85. The molecule has 8 N–H and O–H groups in total. The van der Waals surface area contributed by atoms with Gasteiger partial charge < -0.3 is 37.0 Å². The molecule has 0 aromatic heterocycles. The highest BCUT2D eigenvalue weighted by atomic mass is 32.1. The lowest BCUT2D eigenvalue weighted by atomic mass is 9.97. The zero-order valence-electron chi connectivity index (χ0n) is 19.4. The number of benzene rings is 1. The van der Waals surface area contributed by atoms with Crippen LogP contribution in [-0.2, 0) is 25.6 Å². The highest BCUT2D eigenvalue weighted by Crippen LogP contribution is 2.12. The molecule has 1 aromatic carbocycles. The van der Waals surface area contributed by atoms with Crippen LogP contribution in [0, 0.1) is 5.92 Å². The number of phenols is 1. The quantitative estimate of drug-likeness (QED) is 0.161. The zero-order valence-corrected chi connectivity index (χ0v) is 20.3. The molecular formula is C22H34N4O7S. The third-order valence-corrected chi connectivity index (χ3v) is 5.79. The lowest BCUT2D eigenvalue weighted by Crippen LogP contribution is -2.60. The number of phenolic OH excluding ortho intramolecular Hbond substituents is 1. The van der Waals surface area contributed by atoms with Crippen molar-refractivity contribution in [2.45, 2.75) is 63.9 Å². The fourth-order valence-corrected chi connectivity index (χ4v) is 3.22. The van der Waals surface area contributed by atoms with Gasteiger partial charge in [-0.15, -0.1) is 0 Å². The number of hydrogen-bond donors (Lipinski definition) is 8. The van der Waals surface area contributed by atoms with E-state index in [0.717, 1.165) is 0 Å². The van der Waals surface area contributed by atoms with Crippen molar-refractivity contribution >= 4 is 36.3 Å². The van der Waals surface area contributed by atoms with Crippen LogP contribution >= 0.6 is 12.6 Å². The maximum absolute atomic E-state index is 12.9. The number of thiol groups is 1. The molecule has 6 atom stereocenters. The molecule has 0 bridgehead atoms. The number of aliphatic hydroxyl groups is 1. The van der Waals surface area contributed by atoms with Crippen LogP contribution < -0.4 is 21.7 Å². The second kappa shape index (κ2) is 13.8. The van der Waals surface area contributed by atoms with Crippen LogP contribution in [0.5, 0.6) is 5.75 Å². The second-order valence-corrected chi connectivity index (χ2v) is 8.52. The number of rotatable bonds is 13. The van der Waals surface area contributed by atoms with Crippen LogP contribution in [0.2, 0.25) is 0 Å². The average Bonchev–Trinajstić information content (AvgIpc) is 2.80. The van der Waals surface area contributed by atoms with E-state index < -0.39 is 54.0 Å². The smallest absolute Gasteiger partial charge is 0.326 e. The van der Waals surface area contributed by atoms with E-state index in [9.17, 15) is 34.5 Å². The van der Waals surface area contributed by atoms with Gasteiger partial charge >= 0.3 is 5.97 Å². The van der Waals surface area contributed by atoms with Gasteiger partial charge in [-0.25, -0.2) is 4.79 Å². The van der Waals surface area contributed by atoms with Crippen LogP contribution in [0.4, 0.5) is 0 Å². The van der Waals surface area contributed by atoms with Gasteiger partial charge in [0.15, 0.2) is 0 Å². The van der Waals surface area contributed by atoms with Gasteiger partial charge in [0.1, 0.15) is 29.9 Å². The van der Waals surface area contributed by atoms with E-state index in [1.807, 2.05) is 6.92 Å². The molecule has 6 unspecified atom stereocenters. The molecular weight excluding hydrogens is 464 g/mol. The molecule has 0 saturated carbocycles. The molecule has 0 aliphatic heterocycles. The summed E-state index contributed by atoms with van der Waals surface area (Å²) in [5.41, 5.74) is 6.22. The number of nitrogens with two attached hydrogens (primary N) is 1. The van der Waals surface area contributed by atoms with E-state index in [4.69, 9.17) is 5.73 Å². The lowest BCUT2D eigenvalue weighted by molar-refractivity contribution is -0.142. The van der Waals surface area contributed by atoms with Gasteiger partial charge in [0.05, 0.1) is 6.10 Å². The Labute approximate surface area is 203 Å². The van der Waals surface area contributed by atoms with Crippen molar-refractivity contribution in [2.75, 3.05) is 5.75 Å². The van der Waals surface area contributed by atoms with Crippen LogP contribution in [0.1, 0.15) is 32.8 Å². The average molecular weight is 499 g/mol. The highest BCUT2D eigenvalue weighted by molar-refractivity contribution is 7.80. The van der Waals surface area contributed by atoms with Crippen LogP contribution in [-0.4, -0.2) is 75.0 Å². The summed E-state index contributed by atoms with van der Waals surface area (Å²) in [6.45, 7) is 4.89. The number of carbonyl (C=O) groups excluding carboxylic acids is 3. The number of aromatic hydroxyl groups is 1. The van der Waals surface area contributed by atoms with E-state index in [0.29, 0.717) is 12.0 Å². The minimum atomic E-state index is -1.29. The van der Waals surface area contributed by atoms with Crippen molar-refractivity contribution in [3.05, 3.63) is 29.8 Å². The van der Waals surface area contributed by atoms with Gasteiger partial charge in [0.25, 0.3) is 0 Å². The normalized spacial score (nSPS) is 16.3. The molecule has 0 saturated heterocycles. The number of carbonyl (C=O) groups is 4. The number of amides is 3.